The number of hydrogen-bond acceptors (Lipinski definition) is 6. The van der Waals surface area contributed by atoms with Crippen molar-refractivity contribution in [2.24, 2.45) is 5.41 Å². The van der Waals surface area contributed by atoms with E-state index in [1.807, 2.05) is 47.2 Å². The number of aromatic amines is 1. The number of hydrogen-bond donors (Lipinski definition) is 3. The molecule has 8 heteroatoms. The topological polar surface area (TPSA) is 111 Å². The molecule has 31 heavy (non-hydrogen) atoms. The second-order valence-corrected chi connectivity index (χ2v) is 8.86. The average molecular weight is 416 g/mol. The molecule has 1 aliphatic heterocycles. The summed E-state index contributed by atoms with van der Waals surface area (Å²) in [6, 6.07) is 9.98. The van der Waals surface area contributed by atoms with Crippen molar-refractivity contribution >= 4 is 22.3 Å². The van der Waals surface area contributed by atoms with Crippen LogP contribution in [0, 0.1) is 5.41 Å². The van der Waals surface area contributed by atoms with Crippen molar-refractivity contribution < 1.29 is 4.74 Å². The number of ether oxygens (including phenoxy) is 1. The number of fused-ring (bicyclic) bond motifs is 1. The molecule has 4 N–H and O–H groups in total. The SMILES string of the molecule is Nc1n[nH]c(=O)c2c1c(C1=CC=C(Oc3ccccc3)CC1)nn2C1CC2(CNC2)C1. The standard InChI is InChI=1S/C23H24N6O2/c24-21-18-19(14-6-8-17(9-7-14)31-16-4-2-1-3-5-16)28-29(20(18)22(30)27-26-21)15-10-23(11-15)12-25-13-23/h1-6,8,15,25H,7,9-13H2,(H2,24,26)(H,27,30). The second kappa shape index (κ2) is 6.81. The number of nitrogens with one attached hydrogen (secondary N) is 2. The molecule has 6 rings (SSSR count). The van der Waals surface area contributed by atoms with Gasteiger partial charge in [-0.3, -0.25) is 9.48 Å². The minimum atomic E-state index is -0.240. The molecule has 0 unspecified atom stereocenters. The third-order valence-electron chi connectivity index (χ3n) is 6.75. The summed E-state index contributed by atoms with van der Waals surface area (Å²) in [5.74, 6) is 2.04. The highest BCUT2D eigenvalue weighted by atomic mass is 16.5. The maximum absolute atomic E-state index is 12.7. The summed E-state index contributed by atoms with van der Waals surface area (Å²) in [7, 11) is 0. The smallest absolute Gasteiger partial charge is 0.290 e. The molecule has 1 saturated carbocycles. The maximum atomic E-state index is 12.7. The Bertz CT molecular complexity index is 1270. The Morgan fingerprint density at radius 2 is 1.94 bits per heavy atom. The van der Waals surface area contributed by atoms with Gasteiger partial charge in [0.05, 0.1) is 11.4 Å². The Hall–Kier alpha value is -3.39. The van der Waals surface area contributed by atoms with Gasteiger partial charge in [-0.15, -0.1) is 0 Å². The second-order valence-electron chi connectivity index (χ2n) is 8.86. The van der Waals surface area contributed by atoms with E-state index < -0.39 is 0 Å². The quantitative estimate of drug-likeness (QED) is 0.603. The number of anilines is 1. The molecule has 158 valence electrons. The summed E-state index contributed by atoms with van der Waals surface area (Å²) < 4.78 is 7.87. The van der Waals surface area contributed by atoms with Crippen LogP contribution in [0.5, 0.6) is 5.75 Å². The normalized spacial score (nSPS) is 20.1. The number of aromatic nitrogens is 4. The Balaban J connectivity index is 1.36. The van der Waals surface area contributed by atoms with Crippen molar-refractivity contribution in [3.8, 4) is 5.75 Å². The van der Waals surface area contributed by atoms with Gasteiger partial charge in [-0.1, -0.05) is 24.3 Å². The number of nitrogens with zero attached hydrogens (tertiary/aromatic N) is 3. The highest BCUT2D eigenvalue weighted by molar-refractivity contribution is 5.97. The minimum absolute atomic E-state index is 0.220. The van der Waals surface area contributed by atoms with Crippen molar-refractivity contribution in [2.45, 2.75) is 31.7 Å². The fraction of sp³-hybridized carbons (Fsp3) is 0.348. The predicted molar refractivity (Wildman–Crippen MR) is 118 cm³/mol. The lowest BCUT2D eigenvalue weighted by atomic mass is 9.62. The van der Waals surface area contributed by atoms with Gasteiger partial charge in [0.25, 0.3) is 5.56 Å². The first kappa shape index (κ1) is 18.4. The van der Waals surface area contributed by atoms with Crippen LogP contribution in [0.25, 0.3) is 16.5 Å². The van der Waals surface area contributed by atoms with Crippen molar-refractivity contribution in [1.82, 2.24) is 25.3 Å². The van der Waals surface area contributed by atoms with Crippen molar-refractivity contribution in [3.63, 3.8) is 0 Å². The van der Waals surface area contributed by atoms with E-state index >= 15 is 0 Å². The van der Waals surface area contributed by atoms with Gasteiger partial charge >= 0.3 is 0 Å². The molecule has 0 amide bonds. The lowest BCUT2D eigenvalue weighted by Crippen LogP contribution is -2.60. The molecule has 8 nitrogen and oxygen atoms in total. The molecule has 1 spiro atoms. The Morgan fingerprint density at radius 3 is 2.61 bits per heavy atom. The van der Waals surface area contributed by atoms with Gasteiger partial charge in [-0.2, -0.15) is 10.2 Å². The monoisotopic (exact) mass is 416 g/mol. The Kier molecular flexibility index (Phi) is 4.04. The van der Waals surface area contributed by atoms with E-state index in [9.17, 15) is 4.79 Å². The highest BCUT2D eigenvalue weighted by Crippen LogP contribution is 2.51. The fourth-order valence-electron chi connectivity index (χ4n) is 5.02. The summed E-state index contributed by atoms with van der Waals surface area (Å²) in [5.41, 5.74) is 8.69. The molecular weight excluding hydrogens is 392 g/mol. The van der Waals surface area contributed by atoms with Gasteiger partial charge in [-0.05, 0) is 48.5 Å². The molecule has 0 bridgehead atoms. The van der Waals surface area contributed by atoms with E-state index in [2.05, 4.69) is 15.5 Å². The molecule has 1 aromatic carbocycles. The molecule has 3 aromatic rings. The molecule has 3 aliphatic rings. The lowest BCUT2D eigenvalue weighted by molar-refractivity contribution is 0.00415. The predicted octanol–water partition coefficient (Wildman–Crippen LogP) is 2.77. The molecule has 3 heterocycles. The summed E-state index contributed by atoms with van der Waals surface area (Å²) in [5, 5.41) is 15.5. The van der Waals surface area contributed by atoms with Crippen molar-refractivity contribution in [3.05, 3.63) is 64.3 Å². The highest BCUT2D eigenvalue weighted by Gasteiger charge is 2.50. The number of benzene rings is 1. The third-order valence-corrected chi connectivity index (χ3v) is 6.75. The van der Waals surface area contributed by atoms with Gasteiger partial charge in [0.2, 0.25) is 0 Å². The largest absolute Gasteiger partial charge is 0.462 e. The number of rotatable bonds is 4. The molecular formula is C23H24N6O2. The molecule has 2 fully saturated rings. The summed E-state index contributed by atoms with van der Waals surface area (Å²) in [4.78, 5) is 12.7. The van der Waals surface area contributed by atoms with E-state index in [-0.39, 0.29) is 11.6 Å². The van der Waals surface area contributed by atoms with Crippen LogP contribution in [0.3, 0.4) is 0 Å². The van der Waals surface area contributed by atoms with Crippen LogP contribution in [0.2, 0.25) is 0 Å². The summed E-state index contributed by atoms with van der Waals surface area (Å²) in [6.45, 7) is 2.10. The summed E-state index contributed by atoms with van der Waals surface area (Å²) in [6.07, 6.45) is 7.58. The molecule has 0 atom stereocenters. The van der Waals surface area contributed by atoms with E-state index in [1.165, 1.54) is 0 Å². The number of para-hydroxylation sites is 1. The zero-order valence-electron chi connectivity index (χ0n) is 17.1. The zero-order chi connectivity index (χ0) is 21.0. The van der Waals surface area contributed by atoms with Gasteiger partial charge < -0.3 is 15.8 Å². The van der Waals surface area contributed by atoms with E-state index in [1.54, 1.807) is 0 Å². The van der Waals surface area contributed by atoms with E-state index in [0.717, 1.165) is 61.5 Å². The van der Waals surface area contributed by atoms with E-state index in [4.69, 9.17) is 15.6 Å². The average Bonchev–Trinajstić information content (AvgIpc) is 3.12. The van der Waals surface area contributed by atoms with Crippen molar-refractivity contribution in [1.29, 1.82) is 0 Å². The van der Waals surface area contributed by atoms with E-state index in [0.29, 0.717) is 22.1 Å². The van der Waals surface area contributed by atoms with Crippen LogP contribution >= 0.6 is 0 Å². The van der Waals surface area contributed by atoms with Gasteiger partial charge in [0.1, 0.15) is 22.7 Å². The van der Waals surface area contributed by atoms with Gasteiger partial charge in [-0.25, -0.2) is 5.10 Å². The first-order valence-electron chi connectivity index (χ1n) is 10.7. The van der Waals surface area contributed by atoms with Crippen molar-refractivity contribution in [2.75, 3.05) is 18.8 Å². The molecule has 2 aromatic heterocycles. The number of nitrogens with two attached hydrogens (primary N) is 1. The van der Waals surface area contributed by atoms with Crippen LogP contribution in [-0.4, -0.2) is 33.1 Å². The van der Waals surface area contributed by atoms with Crippen LogP contribution in [0.4, 0.5) is 5.82 Å². The first-order valence-corrected chi connectivity index (χ1v) is 10.7. The molecule has 1 saturated heterocycles. The first-order chi connectivity index (χ1) is 15.1. The minimum Gasteiger partial charge on any atom is -0.462 e. The molecule has 2 aliphatic carbocycles. The van der Waals surface area contributed by atoms with Crippen LogP contribution in [-0.2, 0) is 0 Å². The number of nitrogen functional groups attached to an aromatic ring is 1. The lowest BCUT2D eigenvalue weighted by Gasteiger charge is -2.54. The van der Waals surface area contributed by atoms with Gasteiger partial charge in [0.15, 0.2) is 5.82 Å². The number of allylic oxidation sites excluding steroid dienone is 4. The Morgan fingerprint density at radius 1 is 1.13 bits per heavy atom. The zero-order valence-corrected chi connectivity index (χ0v) is 17.1. The van der Waals surface area contributed by atoms with Crippen LogP contribution < -0.4 is 21.3 Å². The fourth-order valence-corrected chi connectivity index (χ4v) is 5.02. The third kappa shape index (κ3) is 2.97. The number of H-pyrrole nitrogens is 1. The van der Waals surface area contributed by atoms with Crippen LogP contribution in [0.15, 0.2) is 53.0 Å². The van der Waals surface area contributed by atoms with Gasteiger partial charge in [0, 0.05) is 19.5 Å². The van der Waals surface area contributed by atoms with Crippen LogP contribution in [0.1, 0.15) is 37.4 Å². The summed E-state index contributed by atoms with van der Waals surface area (Å²) >= 11 is 0. The maximum Gasteiger partial charge on any atom is 0.290 e. The molecule has 0 radical (unpaired) electrons. The Labute approximate surface area is 178 Å².